The normalized spacial score (nSPS) is 11.9. The second-order valence-corrected chi connectivity index (χ2v) is 13.0. The summed E-state index contributed by atoms with van der Waals surface area (Å²) in [6.45, 7) is 0.380. The van der Waals surface area contributed by atoms with Crippen LogP contribution in [0.2, 0.25) is 0 Å². The summed E-state index contributed by atoms with van der Waals surface area (Å²) in [4.78, 5) is 48.0. The Morgan fingerprint density at radius 1 is 0.741 bits per heavy atom. The Bertz CT molecular complexity index is 2390. The number of aromatic hydroxyl groups is 3. The quantitative estimate of drug-likeness (QED) is 0.0713. The van der Waals surface area contributed by atoms with E-state index >= 15 is 0 Å². The van der Waals surface area contributed by atoms with Crippen LogP contribution in [0.5, 0.6) is 17.2 Å². The maximum absolute atomic E-state index is 14.0. The minimum absolute atomic E-state index is 0.00983. The number of rotatable bonds is 12. The molecular weight excluding hydrogens is 683 g/mol. The first kappa shape index (κ1) is 35.3. The highest BCUT2D eigenvalue weighted by molar-refractivity contribution is 5.98. The van der Waals surface area contributed by atoms with Gasteiger partial charge in [0, 0.05) is 42.9 Å². The lowest BCUT2D eigenvalue weighted by Crippen LogP contribution is -2.48. The molecule has 270 valence electrons. The third-order valence-electron chi connectivity index (χ3n) is 9.64. The maximum atomic E-state index is 14.0. The van der Waals surface area contributed by atoms with Crippen LogP contribution < -0.4 is 16.1 Å². The number of aromatic amines is 1. The lowest BCUT2D eigenvalue weighted by atomic mass is 9.69. The van der Waals surface area contributed by atoms with Crippen molar-refractivity contribution in [2.24, 2.45) is 0 Å². The topological polar surface area (TPSA) is 170 Å². The summed E-state index contributed by atoms with van der Waals surface area (Å²) < 4.78 is 1.98. The monoisotopic (exact) mass is 719 g/mol. The van der Waals surface area contributed by atoms with Crippen LogP contribution in [0, 0.1) is 0 Å². The van der Waals surface area contributed by atoms with Crippen molar-refractivity contribution in [2.75, 3.05) is 0 Å². The molecule has 0 saturated carbocycles. The van der Waals surface area contributed by atoms with E-state index < -0.39 is 28.7 Å². The van der Waals surface area contributed by atoms with E-state index in [1.807, 2.05) is 59.2 Å². The number of nitrogens with zero attached hydrogens (tertiary/aromatic N) is 2. The summed E-state index contributed by atoms with van der Waals surface area (Å²) in [5, 5.41) is 36.0. The molecule has 0 aliphatic heterocycles. The van der Waals surface area contributed by atoms with Gasteiger partial charge in [0.05, 0.1) is 17.3 Å². The number of imidazole rings is 1. The molecule has 0 radical (unpaired) electrons. The van der Waals surface area contributed by atoms with Crippen LogP contribution in [0.25, 0.3) is 10.9 Å². The minimum atomic E-state index is -1.16. The Kier molecular flexibility index (Phi) is 9.94. The van der Waals surface area contributed by atoms with Gasteiger partial charge in [-0.05, 0) is 46.5 Å². The zero-order valence-electron chi connectivity index (χ0n) is 29.0. The molecule has 0 unspecified atom stereocenters. The third kappa shape index (κ3) is 7.15. The van der Waals surface area contributed by atoms with Gasteiger partial charge in [-0.3, -0.25) is 14.4 Å². The van der Waals surface area contributed by atoms with Gasteiger partial charge >= 0.3 is 0 Å². The standard InChI is InChI=1S/C43H37N5O6/c49-36-20-19-28(21-39(36)52)24-45-41(53)34(47-42(54)35-23-38(51)33-17-10-18-37(50)40(33)46-35)22-32-25-44-27-48(32)26-43(29-11-4-1-5-12-29,30-13-6-2-7-14-30)31-15-8-3-9-16-31/h1-21,23,25,27,34,49-50,52H,22,24,26H2,(H,45,53)(H,46,51)(H,47,54)/t34-/m0/s1. The van der Waals surface area contributed by atoms with Crippen molar-refractivity contribution in [1.29, 1.82) is 0 Å². The number of hydrogen-bond donors (Lipinski definition) is 6. The molecule has 2 amide bonds. The highest BCUT2D eigenvalue weighted by atomic mass is 16.3. The number of fused-ring (bicyclic) bond motifs is 1. The second kappa shape index (κ2) is 15.2. The number of carbonyl (C=O) groups excluding carboxylic acids is 2. The van der Waals surface area contributed by atoms with Crippen molar-refractivity contribution in [2.45, 2.75) is 31.0 Å². The van der Waals surface area contributed by atoms with Crippen molar-refractivity contribution < 1.29 is 24.9 Å². The molecule has 6 N–H and O–H groups in total. The molecule has 0 aliphatic carbocycles. The lowest BCUT2D eigenvalue weighted by Gasteiger charge is -2.37. The number of pyridine rings is 1. The number of H-pyrrole nitrogens is 1. The fraction of sp³-hybridized carbons (Fsp3) is 0.116. The summed E-state index contributed by atoms with van der Waals surface area (Å²) in [6.07, 6.45) is 3.38. The molecule has 0 bridgehead atoms. The Balaban J connectivity index is 1.25. The maximum Gasteiger partial charge on any atom is 0.268 e. The SMILES string of the molecule is O=C(N[C@@H](Cc1cncn1CC(c1ccccc1)(c1ccccc1)c1ccccc1)C(=O)NCc1ccc(O)c(O)c1)c1cc(=O)c2cccc(O)c2[nH]1. The fourth-order valence-electron chi connectivity index (χ4n) is 6.88. The highest BCUT2D eigenvalue weighted by Crippen LogP contribution is 2.41. The molecule has 7 rings (SSSR count). The second-order valence-electron chi connectivity index (χ2n) is 13.0. The van der Waals surface area contributed by atoms with Crippen molar-refractivity contribution in [3.05, 3.63) is 190 Å². The van der Waals surface area contributed by atoms with Crippen LogP contribution in [0.3, 0.4) is 0 Å². The third-order valence-corrected chi connectivity index (χ3v) is 9.64. The molecule has 54 heavy (non-hydrogen) atoms. The van der Waals surface area contributed by atoms with E-state index in [9.17, 15) is 29.7 Å². The predicted molar refractivity (Wildman–Crippen MR) is 204 cm³/mol. The average molecular weight is 720 g/mol. The van der Waals surface area contributed by atoms with Gasteiger partial charge in [-0.25, -0.2) is 4.98 Å². The van der Waals surface area contributed by atoms with Crippen LogP contribution in [0.4, 0.5) is 0 Å². The molecule has 0 spiro atoms. The number of nitrogens with one attached hydrogen (secondary N) is 3. The van der Waals surface area contributed by atoms with Crippen molar-refractivity contribution in [1.82, 2.24) is 25.2 Å². The van der Waals surface area contributed by atoms with E-state index in [1.54, 1.807) is 18.6 Å². The first-order valence-electron chi connectivity index (χ1n) is 17.3. The van der Waals surface area contributed by atoms with E-state index in [-0.39, 0.29) is 46.8 Å². The predicted octanol–water partition coefficient (Wildman–Crippen LogP) is 5.53. The van der Waals surface area contributed by atoms with Crippen LogP contribution in [0.15, 0.2) is 151 Å². The zero-order valence-corrected chi connectivity index (χ0v) is 29.0. The van der Waals surface area contributed by atoms with Gasteiger partial charge in [0.15, 0.2) is 16.9 Å². The summed E-state index contributed by atoms with van der Waals surface area (Å²) in [6, 6.07) is 39.2. The van der Waals surface area contributed by atoms with E-state index in [2.05, 4.69) is 57.0 Å². The Morgan fingerprint density at radius 3 is 1.98 bits per heavy atom. The van der Waals surface area contributed by atoms with Gasteiger partial charge in [0.2, 0.25) is 5.91 Å². The van der Waals surface area contributed by atoms with E-state index in [0.717, 1.165) is 22.8 Å². The Morgan fingerprint density at radius 2 is 1.37 bits per heavy atom. The average Bonchev–Trinajstić information content (AvgIpc) is 3.64. The van der Waals surface area contributed by atoms with Gasteiger partial charge in [0.1, 0.15) is 17.5 Å². The van der Waals surface area contributed by atoms with Crippen molar-refractivity contribution in [3.8, 4) is 17.2 Å². The summed E-state index contributed by atoms with van der Waals surface area (Å²) in [7, 11) is 0. The van der Waals surface area contributed by atoms with Gasteiger partial charge in [0.25, 0.3) is 5.91 Å². The van der Waals surface area contributed by atoms with Crippen molar-refractivity contribution >= 4 is 22.7 Å². The van der Waals surface area contributed by atoms with E-state index in [4.69, 9.17) is 0 Å². The lowest BCUT2D eigenvalue weighted by molar-refractivity contribution is -0.123. The molecule has 1 atom stereocenters. The number of phenols is 3. The summed E-state index contributed by atoms with van der Waals surface area (Å²) in [5.41, 5.74) is 3.10. The molecule has 11 nitrogen and oxygen atoms in total. The van der Waals surface area contributed by atoms with Crippen LogP contribution >= 0.6 is 0 Å². The number of carbonyl (C=O) groups is 2. The number of para-hydroxylation sites is 1. The van der Waals surface area contributed by atoms with Crippen molar-refractivity contribution in [3.63, 3.8) is 0 Å². The van der Waals surface area contributed by atoms with Crippen LogP contribution in [-0.2, 0) is 29.7 Å². The molecule has 0 aliphatic rings. The van der Waals surface area contributed by atoms with Gasteiger partial charge < -0.3 is 35.5 Å². The molecule has 7 aromatic rings. The largest absolute Gasteiger partial charge is 0.506 e. The minimum Gasteiger partial charge on any atom is -0.506 e. The van der Waals surface area contributed by atoms with E-state index in [0.29, 0.717) is 17.8 Å². The summed E-state index contributed by atoms with van der Waals surface area (Å²) in [5.74, 6) is -2.12. The molecule has 5 aromatic carbocycles. The first-order chi connectivity index (χ1) is 26.2. The smallest absolute Gasteiger partial charge is 0.268 e. The molecule has 0 fully saturated rings. The number of hydrogen-bond acceptors (Lipinski definition) is 7. The molecule has 0 saturated heterocycles. The fourth-order valence-corrected chi connectivity index (χ4v) is 6.88. The van der Waals surface area contributed by atoms with Gasteiger partial charge in [-0.2, -0.15) is 0 Å². The Labute approximate surface area is 310 Å². The van der Waals surface area contributed by atoms with E-state index in [1.165, 1.54) is 30.3 Å². The molecule has 2 heterocycles. The van der Waals surface area contributed by atoms with Gasteiger partial charge in [-0.1, -0.05) is 103 Å². The number of benzene rings is 5. The molecule has 11 heteroatoms. The zero-order chi connectivity index (χ0) is 37.7. The number of aromatic nitrogens is 3. The number of amides is 2. The van der Waals surface area contributed by atoms with Crippen LogP contribution in [-0.4, -0.2) is 47.7 Å². The first-order valence-corrected chi connectivity index (χ1v) is 17.3. The summed E-state index contributed by atoms with van der Waals surface area (Å²) >= 11 is 0. The molecular formula is C43H37N5O6. The molecule has 2 aromatic heterocycles. The Hall–Kier alpha value is -7.14. The number of phenolic OH excluding ortho intramolecular Hbond substituents is 3. The highest BCUT2D eigenvalue weighted by Gasteiger charge is 2.37. The van der Waals surface area contributed by atoms with Gasteiger partial charge in [-0.15, -0.1) is 0 Å². The van der Waals surface area contributed by atoms with Crippen LogP contribution in [0.1, 0.15) is 38.4 Å².